The highest BCUT2D eigenvalue weighted by Crippen LogP contribution is 2.30. The monoisotopic (exact) mass is 431 g/mol. The molecule has 0 spiro atoms. The van der Waals surface area contributed by atoms with Crippen LogP contribution in [0.15, 0.2) is 35.4 Å². The molecule has 0 saturated carbocycles. The summed E-state index contributed by atoms with van der Waals surface area (Å²) in [6.07, 6.45) is -3.09. The van der Waals surface area contributed by atoms with E-state index < -0.39 is 39.1 Å². The van der Waals surface area contributed by atoms with Gasteiger partial charge in [0.05, 0.1) is 36.4 Å². The van der Waals surface area contributed by atoms with Crippen LogP contribution >= 0.6 is 0 Å². The zero-order valence-electron chi connectivity index (χ0n) is 15.9. The molecule has 0 saturated heterocycles. The van der Waals surface area contributed by atoms with Crippen molar-refractivity contribution in [1.29, 1.82) is 0 Å². The average molecular weight is 431 g/mol. The lowest BCUT2D eigenvalue weighted by Gasteiger charge is -2.13. The topological polar surface area (TPSA) is 97.4 Å². The normalized spacial score (nSPS) is 11.9. The first-order valence-corrected chi connectivity index (χ1v) is 9.86. The number of alkyl halides is 3. The molecule has 1 heterocycles. The number of hydrogen-bond acceptors (Lipinski definition) is 5. The number of ether oxygens (including phenoxy) is 1. The predicted molar refractivity (Wildman–Crippen MR) is 98.7 cm³/mol. The Morgan fingerprint density at radius 2 is 1.93 bits per heavy atom. The number of rotatable bonds is 7. The summed E-state index contributed by atoms with van der Waals surface area (Å²) in [4.78, 5) is 15.6. The van der Waals surface area contributed by atoms with Crippen LogP contribution in [0.3, 0.4) is 0 Å². The quantitative estimate of drug-likeness (QED) is 0.701. The molecule has 0 aliphatic heterocycles. The van der Waals surface area contributed by atoms with E-state index in [1.807, 2.05) is 11.6 Å². The summed E-state index contributed by atoms with van der Waals surface area (Å²) in [6, 6.07) is 3.26. The fourth-order valence-electron chi connectivity index (χ4n) is 2.58. The Balaban J connectivity index is 2.00. The standard InChI is InChI=1S/C18H20F3N3O4S/c1-11-8-22-15(12(2)17(11)28-3)9-23-16(25)10-24-29(26,27)14-6-4-5-13(7-14)18(19,20)21/h4-8,24H,9-10H2,1-3H3,(H,23,25). The van der Waals surface area contributed by atoms with Gasteiger partial charge in [-0.25, -0.2) is 13.1 Å². The first-order chi connectivity index (χ1) is 13.5. The fraction of sp³-hybridized carbons (Fsp3) is 0.333. The van der Waals surface area contributed by atoms with E-state index in [0.717, 1.165) is 29.3 Å². The lowest BCUT2D eigenvalue weighted by Crippen LogP contribution is -2.37. The Bertz CT molecular complexity index is 1010. The SMILES string of the molecule is COc1c(C)cnc(CNC(=O)CNS(=O)(=O)c2cccc(C(F)(F)F)c2)c1C. The Labute approximate surface area is 166 Å². The summed E-state index contributed by atoms with van der Waals surface area (Å²) in [6.45, 7) is 2.99. The van der Waals surface area contributed by atoms with E-state index in [4.69, 9.17) is 4.74 Å². The number of amides is 1. The molecule has 0 fully saturated rings. The van der Waals surface area contributed by atoms with Crippen LogP contribution < -0.4 is 14.8 Å². The number of carbonyl (C=O) groups excluding carboxylic acids is 1. The maximum absolute atomic E-state index is 12.7. The molecule has 158 valence electrons. The predicted octanol–water partition coefficient (Wildman–Crippen LogP) is 2.32. The van der Waals surface area contributed by atoms with Crippen LogP contribution in [0.1, 0.15) is 22.4 Å². The maximum Gasteiger partial charge on any atom is 0.416 e. The van der Waals surface area contributed by atoms with Crippen molar-refractivity contribution in [3.05, 3.63) is 52.8 Å². The second kappa shape index (κ2) is 8.78. The van der Waals surface area contributed by atoms with Crippen LogP contribution in [-0.2, 0) is 27.5 Å². The molecule has 0 unspecified atom stereocenters. The highest BCUT2D eigenvalue weighted by Gasteiger charge is 2.31. The highest BCUT2D eigenvalue weighted by molar-refractivity contribution is 7.89. The number of nitrogens with one attached hydrogen (secondary N) is 2. The van der Waals surface area contributed by atoms with E-state index in [9.17, 15) is 26.4 Å². The third-order valence-corrected chi connectivity index (χ3v) is 5.50. The van der Waals surface area contributed by atoms with Crippen molar-refractivity contribution in [1.82, 2.24) is 15.0 Å². The van der Waals surface area contributed by atoms with Crippen molar-refractivity contribution in [2.24, 2.45) is 0 Å². The molecule has 11 heteroatoms. The van der Waals surface area contributed by atoms with Gasteiger partial charge in [0.15, 0.2) is 0 Å². The van der Waals surface area contributed by atoms with Crippen LogP contribution in [0.5, 0.6) is 5.75 Å². The molecule has 0 radical (unpaired) electrons. The minimum Gasteiger partial charge on any atom is -0.496 e. The lowest BCUT2D eigenvalue weighted by molar-refractivity contribution is -0.137. The van der Waals surface area contributed by atoms with Gasteiger partial charge in [0.25, 0.3) is 0 Å². The van der Waals surface area contributed by atoms with Gasteiger partial charge in [0, 0.05) is 17.3 Å². The van der Waals surface area contributed by atoms with E-state index in [-0.39, 0.29) is 6.54 Å². The molecule has 1 aromatic carbocycles. The summed E-state index contributed by atoms with van der Waals surface area (Å²) in [5.41, 5.74) is 1.01. The number of hydrogen-bond donors (Lipinski definition) is 2. The van der Waals surface area contributed by atoms with Crippen molar-refractivity contribution in [2.45, 2.75) is 31.5 Å². The summed E-state index contributed by atoms with van der Waals surface area (Å²) in [5.74, 6) is -0.0317. The number of aryl methyl sites for hydroxylation is 1. The number of nitrogens with zero attached hydrogens (tertiary/aromatic N) is 1. The number of benzene rings is 1. The third-order valence-electron chi connectivity index (χ3n) is 4.10. The number of halogens is 3. The van der Waals surface area contributed by atoms with Gasteiger partial charge < -0.3 is 10.1 Å². The Kier molecular flexibility index (Phi) is 6.85. The first kappa shape index (κ1) is 22.6. The zero-order chi connectivity index (χ0) is 21.8. The van der Waals surface area contributed by atoms with Gasteiger partial charge in [-0.05, 0) is 32.0 Å². The average Bonchev–Trinajstić information content (AvgIpc) is 2.65. The van der Waals surface area contributed by atoms with Crippen LogP contribution in [-0.4, -0.2) is 33.0 Å². The molecule has 0 aliphatic rings. The van der Waals surface area contributed by atoms with Gasteiger partial charge in [-0.3, -0.25) is 9.78 Å². The number of aromatic nitrogens is 1. The van der Waals surface area contributed by atoms with Crippen LogP contribution in [0, 0.1) is 13.8 Å². The van der Waals surface area contributed by atoms with E-state index in [1.165, 1.54) is 7.11 Å². The molecule has 1 amide bonds. The van der Waals surface area contributed by atoms with Crippen LogP contribution in [0.4, 0.5) is 13.2 Å². The third kappa shape index (κ3) is 5.67. The molecule has 29 heavy (non-hydrogen) atoms. The van der Waals surface area contributed by atoms with Crippen molar-refractivity contribution in [2.75, 3.05) is 13.7 Å². The van der Waals surface area contributed by atoms with E-state index in [1.54, 1.807) is 13.1 Å². The zero-order valence-corrected chi connectivity index (χ0v) is 16.7. The molecular formula is C18H20F3N3O4S. The minimum atomic E-state index is -4.68. The summed E-state index contributed by atoms with van der Waals surface area (Å²) < 4.78 is 69.9. The molecule has 7 nitrogen and oxygen atoms in total. The van der Waals surface area contributed by atoms with E-state index in [0.29, 0.717) is 17.5 Å². The van der Waals surface area contributed by atoms with Gasteiger partial charge in [-0.15, -0.1) is 0 Å². The van der Waals surface area contributed by atoms with Gasteiger partial charge in [-0.1, -0.05) is 6.07 Å². The largest absolute Gasteiger partial charge is 0.496 e. The Hall–Kier alpha value is -2.66. The van der Waals surface area contributed by atoms with Crippen molar-refractivity contribution in [3.8, 4) is 5.75 Å². The second-order valence-corrected chi connectivity index (χ2v) is 7.94. The summed E-state index contributed by atoms with van der Waals surface area (Å²) >= 11 is 0. The van der Waals surface area contributed by atoms with Crippen molar-refractivity contribution >= 4 is 15.9 Å². The van der Waals surface area contributed by atoms with E-state index >= 15 is 0 Å². The molecular weight excluding hydrogens is 411 g/mol. The van der Waals surface area contributed by atoms with Gasteiger partial charge in [-0.2, -0.15) is 13.2 Å². The maximum atomic E-state index is 12.7. The molecule has 0 aliphatic carbocycles. The van der Waals surface area contributed by atoms with Gasteiger partial charge in [0.2, 0.25) is 15.9 Å². The second-order valence-electron chi connectivity index (χ2n) is 6.17. The molecule has 2 rings (SSSR count). The summed E-state index contributed by atoms with van der Waals surface area (Å²) in [7, 11) is -2.78. The number of pyridine rings is 1. The van der Waals surface area contributed by atoms with Gasteiger partial charge in [0.1, 0.15) is 5.75 Å². The highest BCUT2D eigenvalue weighted by atomic mass is 32.2. The van der Waals surface area contributed by atoms with Crippen molar-refractivity contribution in [3.63, 3.8) is 0 Å². The smallest absolute Gasteiger partial charge is 0.416 e. The molecule has 1 aromatic heterocycles. The Morgan fingerprint density at radius 3 is 2.55 bits per heavy atom. The van der Waals surface area contributed by atoms with Crippen LogP contribution in [0.2, 0.25) is 0 Å². The molecule has 2 aromatic rings. The number of sulfonamides is 1. The molecule has 0 atom stereocenters. The van der Waals surface area contributed by atoms with Crippen molar-refractivity contribution < 1.29 is 31.1 Å². The van der Waals surface area contributed by atoms with E-state index in [2.05, 4.69) is 10.3 Å². The van der Waals surface area contributed by atoms with Crippen LogP contribution in [0.25, 0.3) is 0 Å². The first-order valence-electron chi connectivity index (χ1n) is 8.38. The Morgan fingerprint density at radius 1 is 1.24 bits per heavy atom. The minimum absolute atomic E-state index is 0.0343. The fourth-order valence-corrected chi connectivity index (χ4v) is 3.61. The molecule has 2 N–H and O–H groups in total. The summed E-state index contributed by atoms with van der Waals surface area (Å²) in [5, 5.41) is 2.51. The number of carbonyl (C=O) groups is 1. The lowest BCUT2D eigenvalue weighted by atomic mass is 10.1. The number of methoxy groups -OCH3 is 1. The molecule has 0 bridgehead atoms. The van der Waals surface area contributed by atoms with Gasteiger partial charge >= 0.3 is 6.18 Å².